The van der Waals surface area contributed by atoms with Gasteiger partial charge >= 0.3 is 11.8 Å². The summed E-state index contributed by atoms with van der Waals surface area (Å²) < 4.78 is 0. The number of nitriles is 1. The van der Waals surface area contributed by atoms with Gasteiger partial charge in [0.15, 0.2) is 0 Å². The molecule has 3 aliphatic rings. The van der Waals surface area contributed by atoms with Crippen LogP contribution in [-0.4, -0.2) is 65.9 Å². The Balaban J connectivity index is 1.39. The van der Waals surface area contributed by atoms with Gasteiger partial charge in [-0.15, -0.1) is 0 Å². The van der Waals surface area contributed by atoms with Gasteiger partial charge in [0.1, 0.15) is 11.9 Å². The van der Waals surface area contributed by atoms with Gasteiger partial charge in [-0.1, -0.05) is 30.3 Å². The van der Waals surface area contributed by atoms with Crippen LogP contribution in [0, 0.1) is 11.3 Å². The second-order valence-corrected chi connectivity index (χ2v) is 8.73. The third-order valence-corrected chi connectivity index (χ3v) is 6.85. The zero-order valence-electron chi connectivity index (χ0n) is 18.2. The molecular formula is C25H27N5O2. The predicted octanol–water partition coefficient (Wildman–Crippen LogP) is 2.38. The minimum Gasteiger partial charge on any atom is -0.352 e. The van der Waals surface area contributed by atoms with Gasteiger partial charge in [-0.25, -0.2) is 4.98 Å². The lowest BCUT2D eigenvalue weighted by molar-refractivity contribution is -0.151. The van der Waals surface area contributed by atoms with E-state index in [0.717, 1.165) is 48.9 Å². The molecule has 0 radical (unpaired) electrons. The molecule has 0 N–H and O–H groups in total. The molecule has 2 aromatic rings. The van der Waals surface area contributed by atoms with E-state index >= 15 is 0 Å². The summed E-state index contributed by atoms with van der Waals surface area (Å²) in [4.78, 5) is 35.6. The third kappa shape index (κ3) is 3.60. The largest absolute Gasteiger partial charge is 0.352 e. The van der Waals surface area contributed by atoms with Crippen molar-refractivity contribution in [1.29, 1.82) is 5.26 Å². The van der Waals surface area contributed by atoms with E-state index in [1.165, 1.54) is 5.56 Å². The van der Waals surface area contributed by atoms with E-state index in [2.05, 4.69) is 23.1 Å². The molecule has 2 fully saturated rings. The normalized spacial score (nSPS) is 17.9. The molecule has 1 aromatic carbocycles. The molecule has 0 atom stereocenters. The quantitative estimate of drug-likeness (QED) is 0.685. The van der Waals surface area contributed by atoms with Crippen molar-refractivity contribution in [3.8, 4) is 17.3 Å². The molecule has 2 saturated heterocycles. The standard InChI is InChI=1S/C25H27N5O2/c26-17-21-19-9-6-10-20(19)22(18-7-2-1-3-8-18)27-23(21)28-13-15-30(16-14-28)25(32)24(31)29-11-4-5-12-29/h1-3,7-8H,4-6,9-16H2. The number of piperazine rings is 1. The highest BCUT2D eigenvalue weighted by Gasteiger charge is 2.33. The summed E-state index contributed by atoms with van der Waals surface area (Å²) in [5, 5.41) is 9.98. The Bertz CT molecular complexity index is 1080. The SMILES string of the molecule is N#Cc1c(N2CCN(C(=O)C(=O)N3CCCC3)CC2)nc(-c2ccccc2)c2c1CCC2. The maximum absolute atomic E-state index is 12.7. The Morgan fingerprint density at radius 1 is 0.812 bits per heavy atom. The number of hydrogen-bond donors (Lipinski definition) is 0. The minimum atomic E-state index is -0.404. The fraction of sp³-hybridized carbons (Fsp3) is 0.440. The molecule has 0 bridgehead atoms. The smallest absolute Gasteiger partial charge is 0.312 e. The summed E-state index contributed by atoms with van der Waals surface area (Å²) in [7, 11) is 0. The van der Waals surface area contributed by atoms with E-state index in [1.807, 2.05) is 18.2 Å². The van der Waals surface area contributed by atoms with Crippen LogP contribution in [-0.2, 0) is 22.4 Å². The number of pyridine rings is 1. The molecule has 1 aromatic heterocycles. The third-order valence-electron chi connectivity index (χ3n) is 6.85. The predicted molar refractivity (Wildman–Crippen MR) is 121 cm³/mol. The number of benzene rings is 1. The van der Waals surface area contributed by atoms with Crippen molar-refractivity contribution in [1.82, 2.24) is 14.8 Å². The van der Waals surface area contributed by atoms with E-state index < -0.39 is 5.91 Å². The van der Waals surface area contributed by atoms with E-state index in [4.69, 9.17) is 4.98 Å². The Hall–Kier alpha value is -3.40. The number of rotatable bonds is 2. The van der Waals surface area contributed by atoms with Gasteiger partial charge in [0.25, 0.3) is 0 Å². The summed E-state index contributed by atoms with van der Waals surface area (Å²) in [6.07, 6.45) is 4.82. The number of likely N-dealkylation sites (tertiary alicyclic amines) is 1. The van der Waals surface area contributed by atoms with Crippen LogP contribution < -0.4 is 4.90 Å². The van der Waals surface area contributed by atoms with Crippen molar-refractivity contribution in [2.24, 2.45) is 0 Å². The Morgan fingerprint density at radius 3 is 2.09 bits per heavy atom. The fourth-order valence-corrected chi connectivity index (χ4v) is 5.14. The zero-order chi connectivity index (χ0) is 22.1. The first-order valence-electron chi connectivity index (χ1n) is 11.5. The van der Waals surface area contributed by atoms with Gasteiger partial charge in [-0.05, 0) is 43.2 Å². The first kappa shape index (κ1) is 20.5. The molecule has 2 amide bonds. The average molecular weight is 430 g/mol. The second-order valence-electron chi connectivity index (χ2n) is 8.73. The van der Waals surface area contributed by atoms with Gasteiger partial charge in [-0.2, -0.15) is 5.26 Å². The lowest BCUT2D eigenvalue weighted by Crippen LogP contribution is -2.53. The summed E-state index contributed by atoms with van der Waals surface area (Å²) in [6.45, 7) is 3.40. The molecule has 0 spiro atoms. The highest BCUT2D eigenvalue weighted by Crippen LogP contribution is 2.37. The molecule has 7 nitrogen and oxygen atoms in total. The van der Waals surface area contributed by atoms with E-state index in [-0.39, 0.29) is 5.91 Å². The number of hydrogen-bond acceptors (Lipinski definition) is 5. The Kier molecular flexibility index (Phi) is 5.52. The molecule has 2 aliphatic heterocycles. The highest BCUT2D eigenvalue weighted by molar-refractivity contribution is 6.35. The van der Waals surface area contributed by atoms with Gasteiger partial charge < -0.3 is 14.7 Å². The number of fused-ring (bicyclic) bond motifs is 1. The molecular weight excluding hydrogens is 402 g/mol. The Labute approximate surface area is 188 Å². The molecule has 0 unspecified atom stereocenters. The maximum atomic E-state index is 12.7. The molecule has 3 heterocycles. The summed E-state index contributed by atoms with van der Waals surface area (Å²) in [5.41, 5.74) is 5.03. The van der Waals surface area contributed by atoms with Crippen molar-refractivity contribution in [3.05, 3.63) is 47.0 Å². The summed E-state index contributed by atoms with van der Waals surface area (Å²) in [5.74, 6) is -0.0698. The van der Waals surface area contributed by atoms with Crippen molar-refractivity contribution in [3.63, 3.8) is 0 Å². The Morgan fingerprint density at radius 2 is 1.44 bits per heavy atom. The van der Waals surface area contributed by atoms with E-state index in [0.29, 0.717) is 50.6 Å². The lowest BCUT2D eigenvalue weighted by Gasteiger charge is -2.36. The number of carbonyl (C=O) groups excluding carboxylic acids is 2. The molecule has 0 saturated carbocycles. The van der Waals surface area contributed by atoms with E-state index in [1.54, 1.807) is 9.80 Å². The zero-order valence-corrected chi connectivity index (χ0v) is 18.2. The molecule has 7 heteroatoms. The van der Waals surface area contributed by atoms with Crippen molar-refractivity contribution >= 4 is 17.6 Å². The molecule has 32 heavy (non-hydrogen) atoms. The van der Waals surface area contributed by atoms with E-state index in [9.17, 15) is 14.9 Å². The molecule has 5 rings (SSSR count). The number of nitrogens with zero attached hydrogens (tertiary/aromatic N) is 5. The van der Waals surface area contributed by atoms with Gasteiger partial charge in [0.2, 0.25) is 0 Å². The molecule has 164 valence electrons. The van der Waals surface area contributed by atoms with Crippen LogP contribution in [0.25, 0.3) is 11.3 Å². The van der Waals surface area contributed by atoms with Gasteiger partial charge in [0.05, 0.1) is 11.3 Å². The first-order chi connectivity index (χ1) is 15.7. The number of amides is 2. The fourth-order valence-electron chi connectivity index (χ4n) is 5.14. The first-order valence-corrected chi connectivity index (χ1v) is 11.5. The number of carbonyl (C=O) groups is 2. The van der Waals surface area contributed by atoms with Crippen LogP contribution in [0.4, 0.5) is 5.82 Å². The van der Waals surface area contributed by atoms with Crippen LogP contribution in [0.15, 0.2) is 30.3 Å². The van der Waals surface area contributed by atoms with Crippen molar-refractivity contribution in [2.75, 3.05) is 44.2 Å². The monoisotopic (exact) mass is 429 g/mol. The van der Waals surface area contributed by atoms with Gasteiger partial charge in [-0.3, -0.25) is 9.59 Å². The van der Waals surface area contributed by atoms with Crippen LogP contribution in [0.1, 0.15) is 36.0 Å². The number of aromatic nitrogens is 1. The minimum absolute atomic E-state index is 0.379. The van der Waals surface area contributed by atoms with Crippen LogP contribution in [0.2, 0.25) is 0 Å². The van der Waals surface area contributed by atoms with Crippen molar-refractivity contribution in [2.45, 2.75) is 32.1 Å². The lowest BCUT2D eigenvalue weighted by atomic mass is 9.98. The summed E-state index contributed by atoms with van der Waals surface area (Å²) >= 11 is 0. The van der Waals surface area contributed by atoms with Crippen LogP contribution in [0.5, 0.6) is 0 Å². The van der Waals surface area contributed by atoms with Crippen LogP contribution in [0.3, 0.4) is 0 Å². The highest BCUT2D eigenvalue weighted by atomic mass is 16.2. The topological polar surface area (TPSA) is 80.5 Å². The van der Waals surface area contributed by atoms with Gasteiger partial charge in [0, 0.05) is 44.8 Å². The number of anilines is 1. The second kappa shape index (κ2) is 8.62. The van der Waals surface area contributed by atoms with Crippen molar-refractivity contribution < 1.29 is 9.59 Å². The average Bonchev–Trinajstić information content (AvgIpc) is 3.55. The maximum Gasteiger partial charge on any atom is 0.312 e. The van der Waals surface area contributed by atoms with Crippen LogP contribution >= 0.6 is 0 Å². The summed E-state index contributed by atoms with van der Waals surface area (Å²) in [6, 6.07) is 12.6. The molecule has 1 aliphatic carbocycles.